The number of carboxylic acids is 1. The van der Waals surface area contributed by atoms with Gasteiger partial charge in [-0.05, 0) is 45.2 Å². The van der Waals surface area contributed by atoms with Gasteiger partial charge in [0.05, 0.1) is 6.10 Å². The number of aliphatic carboxylic acids is 1. The second kappa shape index (κ2) is 7.22. The molecular weight excluding hydrogens is 272 g/mol. The van der Waals surface area contributed by atoms with Gasteiger partial charge in [0.2, 0.25) is 5.91 Å². The first-order valence-corrected chi connectivity index (χ1v) is 7.96. The number of nitrogens with zero attached hydrogens (tertiary/aromatic N) is 1. The molecule has 2 fully saturated rings. The fraction of sp³-hybridized carbons (Fsp3) is 0.867. The van der Waals surface area contributed by atoms with Crippen LogP contribution in [-0.4, -0.2) is 59.8 Å². The highest BCUT2D eigenvalue weighted by Crippen LogP contribution is 2.34. The molecule has 0 bridgehead atoms. The van der Waals surface area contributed by atoms with E-state index < -0.39 is 11.5 Å². The Labute approximate surface area is 125 Å². The minimum atomic E-state index is -1.01. The van der Waals surface area contributed by atoms with Crippen molar-refractivity contribution in [1.29, 1.82) is 0 Å². The first-order valence-electron chi connectivity index (χ1n) is 7.96. The summed E-state index contributed by atoms with van der Waals surface area (Å²) in [7, 11) is 0. The maximum Gasteiger partial charge on any atom is 0.329 e. The van der Waals surface area contributed by atoms with Crippen molar-refractivity contribution in [3.05, 3.63) is 0 Å². The average molecular weight is 298 g/mol. The molecule has 0 aliphatic carbocycles. The number of nitrogens with one attached hydrogen (secondary N) is 1. The summed E-state index contributed by atoms with van der Waals surface area (Å²) < 4.78 is 5.68. The molecule has 2 rings (SSSR count). The molecule has 0 saturated carbocycles. The number of piperidine rings is 1. The lowest BCUT2D eigenvalue weighted by Crippen LogP contribution is -2.54. The van der Waals surface area contributed by atoms with E-state index in [9.17, 15) is 14.7 Å². The van der Waals surface area contributed by atoms with Crippen molar-refractivity contribution in [2.75, 3.05) is 26.2 Å². The number of hydrogen-bond acceptors (Lipinski definition) is 4. The average Bonchev–Trinajstić information content (AvgIpc) is 2.91. The Bertz CT molecular complexity index is 382. The Kier molecular flexibility index (Phi) is 5.58. The second-order valence-corrected chi connectivity index (χ2v) is 6.00. The van der Waals surface area contributed by atoms with Gasteiger partial charge in [-0.2, -0.15) is 0 Å². The Morgan fingerprint density at radius 3 is 2.71 bits per heavy atom. The molecule has 0 aromatic heterocycles. The Balaban J connectivity index is 1.94. The number of ether oxygens (including phenoxy) is 1. The van der Waals surface area contributed by atoms with Crippen LogP contribution in [0.3, 0.4) is 0 Å². The standard InChI is InChI=1S/C15H26N2O4/c1-2-6-15(14(19)20)7-3-10-17(15)13(18)11-21-12-4-8-16-9-5-12/h12,16H,2-11H2,1H3,(H,19,20). The van der Waals surface area contributed by atoms with Crippen LogP contribution in [0, 0.1) is 0 Å². The van der Waals surface area contributed by atoms with Gasteiger partial charge in [-0.15, -0.1) is 0 Å². The fourth-order valence-electron chi connectivity index (χ4n) is 3.47. The summed E-state index contributed by atoms with van der Waals surface area (Å²) in [6.07, 6.45) is 4.51. The number of rotatable bonds is 6. The molecule has 2 aliphatic heterocycles. The smallest absolute Gasteiger partial charge is 0.329 e. The van der Waals surface area contributed by atoms with E-state index >= 15 is 0 Å². The predicted molar refractivity (Wildman–Crippen MR) is 78.1 cm³/mol. The number of carbonyl (C=O) groups is 2. The molecule has 1 amide bonds. The van der Waals surface area contributed by atoms with Crippen molar-refractivity contribution in [2.24, 2.45) is 0 Å². The quantitative estimate of drug-likeness (QED) is 0.765. The van der Waals surface area contributed by atoms with Gasteiger partial charge in [0, 0.05) is 6.54 Å². The van der Waals surface area contributed by atoms with Crippen LogP contribution in [0.5, 0.6) is 0 Å². The Morgan fingerprint density at radius 2 is 2.10 bits per heavy atom. The summed E-state index contributed by atoms with van der Waals surface area (Å²) in [6, 6.07) is 0. The molecule has 6 nitrogen and oxygen atoms in total. The zero-order valence-corrected chi connectivity index (χ0v) is 12.8. The van der Waals surface area contributed by atoms with Gasteiger partial charge in [-0.1, -0.05) is 13.3 Å². The molecule has 0 spiro atoms. The van der Waals surface area contributed by atoms with Crippen LogP contribution in [0.2, 0.25) is 0 Å². The fourth-order valence-corrected chi connectivity index (χ4v) is 3.47. The van der Waals surface area contributed by atoms with E-state index in [-0.39, 0.29) is 18.6 Å². The maximum absolute atomic E-state index is 12.4. The van der Waals surface area contributed by atoms with E-state index in [1.54, 1.807) is 4.90 Å². The van der Waals surface area contributed by atoms with Crippen molar-refractivity contribution >= 4 is 11.9 Å². The first-order chi connectivity index (χ1) is 10.1. The molecule has 120 valence electrons. The first kappa shape index (κ1) is 16.2. The van der Waals surface area contributed by atoms with Crippen molar-refractivity contribution in [2.45, 2.75) is 57.1 Å². The molecular formula is C15H26N2O4. The topological polar surface area (TPSA) is 78.9 Å². The summed E-state index contributed by atoms with van der Waals surface area (Å²) in [5, 5.41) is 12.8. The summed E-state index contributed by atoms with van der Waals surface area (Å²) in [6.45, 7) is 4.32. The molecule has 1 atom stereocenters. The molecule has 0 aromatic rings. The number of carbonyl (C=O) groups excluding carboxylic acids is 1. The third-order valence-corrected chi connectivity index (χ3v) is 4.58. The van der Waals surface area contributed by atoms with E-state index in [4.69, 9.17) is 4.74 Å². The molecule has 2 heterocycles. The number of likely N-dealkylation sites (tertiary alicyclic amines) is 1. The Hall–Kier alpha value is -1.14. The predicted octanol–water partition coefficient (Wildman–Crippen LogP) is 1.00. The van der Waals surface area contributed by atoms with Gasteiger partial charge in [-0.3, -0.25) is 4.79 Å². The van der Waals surface area contributed by atoms with Gasteiger partial charge in [0.15, 0.2) is 0 Å². The summed E-state index contributed by atoms with van der Waals surface area (Å²) in [5.74, 6) is -1.06. The molecule has 2 saturated heterocycles. The van der Waals surface area contributed by atoms with Crippen LogP contribution in [0.1, 0.15) is 45.4 Å². The maximum atomic E-state index is 12.4. The normalized spacial score (nSPS) is 27.0. The second-order valence-electron chi connectivity index (χ2n) is 6.00. The lowest BCUT2D eigenvalue weighted by Gasteiger charge is -2.35. The van der Waals surface area contributed by atoms with Crippen LogP contribution in [-0.2, 0) is 14.3 Å². The van der Waals surface area contributed by atoms with E-state index in [1.165, 1.54) is 0 Å². The molecule has 2 aliphatic rings. The minimum Gasteiger partial charge on any atom is -0.479 e. The van der Waals surface area contributed by atoms with Gasteiger partial charge in [-0.25, -0.2) is 4.79 Å². The SMILES string of the molecule is CCCC1(C(=O)O)CCCN1C(=O)COC1CCNCC1. The lowest BCUT2D eigenvalue weighted by molar-refractivity contribution is -0.159. The number of hydrogen-bond donors (Lipinski definition) is 2. The molecule has 2 N–H and O–H groups in total. The van der Waals surface area contributed by atoms with Crippen molar-refractivity contribution < 1.29 is 19.4 Å². The van der Waals surface area contributed by atoms with Crippen LogP contribution >= 0.6 is 0 Å². The van der Waals surface area contributed by atoms with Gasteiger partial charge in [0.1, 0.15) is 12.1 Å². The van der Waals surface area contributed by atoms with Crippen LogP contribution in [0.4, 0.5) is 0 Å². The third kappa shape index (κ3) is 3.55. The zero-order chi connectivity index (χ0) is 15.3. The Morgan fingerprint density at radius 1 is 1.38 bits per heavy atom. The highest BCUT2D eigenvalue weighted by atomic mass is 16.5. The van der Waals surface area contributed by atoms with E-state index in [2.05, 4.69) is 5.32 Å². The van der Waals surface area contributed by atoms with Crippen molar-refractivity contribution in [3.8, 4) is 0 Å². The van der Waals surface area contributed by atoms with Crippen molar-refractivity contribution in [1.82, 2.24) is 10.2 Å². The van der Waals surface area contributed by atoms with E-state index in [0.29, 0.717) is 19.4 Å². The van der Waals surface area contributed by atoms with Crippen molar-refractivity contribution in [3.63, 3.8) is 0 Å². The summed E-state index contributed by atoms with van der Waals surface area (Å²) in [4.78, 5) is 25.6. The van der Waals surface area contributed by atoms with E-state index in [1.807, 2.05) is 6.92 Å². The largest absolute Gasteiger partial charge is 0.479 e. The minimum absolute atomic E-state index is 0.00338. The monoisotopic (exact) mass is 298 g/mol. The molecule has 21 heavy (non-hydrogen) atoms. The highest BCUT2D eigenvalue weighted by Gasteiger charge is 2.49. The van der Waals surface area contributed by atoms with Crippen LogP contribution < -0.4 is 5.32 Å². The molecule has 6 heteroatoms. The van der Waals surface area contributed by atoms with Crippen LogP contribution in [0.25, 0.3) is 0 Å². The summed E-state index contributed by atoms with van der Waals surface area (Å²) >= 11 is 0. The van der Waals surface area contributed by atoms with Gasteiger partial charge >= 0.3 is 5.97 Å². The molecule has 0 aromatic carbocycles. The molecule has 0 radical (unpaired) electrons. The lowest BCUT2D eigenvalue weighted by atomic mass is 9.90. The molecule has 1 unspecified atom stereocenters. The number of amides is 1. The zero-order valence-electron chi connectivity index (χ0n) is 12.8. The van der Waals surface area contributed by atoms with Crippen LogP contribution in [0.15, 0.2) is 0 Å². The number of carboxylic acid groups (broad SMARTS) is 1. The van der Waals surface area contributed by atoms with Gasteiger partial charge in [0.25, 0.3) is 0 Å². The summed E-state index contributed by atoms with van der Waals surface area (Å²) in [5.41, 5.74) is -1.01. The van der Waals surface area contributed by atoms with Gasteiger partial charge < -0.3 is 20.1 Å². The third-order valence-electron chi connectivity index (χ3n) is 4.58. The highest BCUT2D eigenvalue weighted by molar-refractivity contribution is 5.88. The van der Waals surface area contributed by atoms with E-state index in [0.717, 1.165) is 38.8 Å².